The molecule has 2 aromatic heterocycles. The van der Waals surface area contributed by atoms with Gasteiger partial charge in [0.2, 0.25) is 0 Å². The van der Waals surface area contributed by atoms with Crippen LogP contribution in [0.25, 0.3) is 16.6 Å². The number of nitrogens with one attached hydrogen (secondary N) is 1. The highest BCUT2D eigenvalue weighted by Gasteiger charge is 2.04. The fourth-order valence-electron chi connectivity index (χ4n) is 1.86. The van der Waals surface area contributed by atoms with Gasteiger partial charge in [-0.25, -0.2) is 0 Å². The van der Waals surface area contributed by atoms with E-state index in [9.17, 15) is 4.79 Å². The third-order valence-corrected chi connectivity index (χ3v) is 2.55. The number of aromatic nitrogens is 2. The molecule has 0 unspecified atom stereocenters. The zero-order valence-corrected chi connectivity index (χ0v) is 9.16. The van der Waals surface area contributed by atoms with Crippen molar-refractivity contribution in [2.45, 2.75) is 0 Å². The van der Waals surface area contributed by atoms with E-state index in [1.54, 1.807) is 6.07 Å². The lowest BCUT2D eigenvalue weighted by atomic mass is 10.2. The Morgan fingerprint density at radius 2 is 2.00 bits per heavy atom. The van der Waals surface area contributed by atoms with E-state index in [2.05, 4.69) is 10.7 Å². The summed E-state index contributed by atoms with van der Waals surface area (Å²) in [6, 6.07) is 9.43. The van der Waals surface area contributed by atoms with E-state index < -0.39 is 0 Å². The molecule has 5 heteroatoms. The highest BCUT2D eigenvalue weighted by molar-refractivity contribution is 5.80. The van der Waals surface area contributed by atoms with E-state index >= 15 is 0 Å². The number of quaternary nitrogens is 1. The van der Waals surface area contributed by atoms with Crippen LogP contribution < -0.4 is 23.7 Å². The number of hydrogen-bond donors (Lipinski definition) is 2. The molecule has 1 aromatic carbocycles. The molecule has 2 heterocycles. The van der Waals surface area contributed by atoms with E-state index in [0.29, 0.717) is 5.52 Å². The molecule has 16 heavy (non-hydrogen) atoms. The standard InChI is InChI=1S/C11H9N3O.ClH/c12-7-3-4-9-8(6-7)13-11(15)10-2-1-5-14(9)10;/h1-6H,12H2,(H,13,15);1H. The van der Waals surface area contributed by atoms with E-state index in [1.165, 1.54) is 0 Å². The fraction of sp³-hybridized carbons (Fsp3) is 0. The number of nitrogens with zero attached hydrogens (tertiary/aromatic N) is 1. The van der Waals surface area contributed by atoms with Crippen molar-refractivity contribution in [3.05, 3.63) is 46.9 Å². The molecule has 3 rings (SSSR count). The van der Waals surface area contributed by atoms with Crippen LogP contribution in [0.5, 0.6) is 0 Å². The van der Waals surface area contributed by atoms with Crippen molar-refractivity contribution in [3.63, 3.8) is 0 Å². The Morgan fingerprint density at radius 3 is 2.81 bits per heavy atom. The molecule has 0 aliphatic heterocycles. The van der Waals surface area contributed by atoms with Crippen LogP contribution in [0.1, 0.15) is 0 Å². The number of fused-ring (bicyclic) bond motifs is 3. The van der Waals surface area contributed by atoms with E-state index in [0.717, 1.165) is 16.7 Å². The smallest absolute Gasteiger partial charge is 0.272 e. The zero-order valence-electron chi connectivity index (χ0n) is 8.40. The second kappa shape index (κ2) is 3.66. The largest absolute Gasteiger partial charge is 1.00 e. The van der Waals surface area contributed by atoms with Gasteiger partial charge in [0.25, 0.3) is 5.56 Å². The Balaban J connectivity index is 0.000000963. The molecule has 0 amide bonds. The molecule has 4 N–H and O–H groups in total. The molecular formula is C11H10ClN3O. The van der Waals surface area contributed by atoms with Gasteiger partial charge in [-0.3, -0.25) is 4.79 Å². The van der Waals surface area contributed by atoms with Gasteiger partial charge in [0.15, 0.2) is 0 Å². The summed E-state index contributed by atoms with van der Waals surface area (Å²) in [4.78, 5) is 14.5. The van der Waals surface area contributed by atoms with E-state index in [4.69, 9.17) is 0 Å². The van der Waals surface area contributed by atoms with Crippen molar-refractivity contribution in [1.82, 2.24) is 9.38 Å². The predicted molar refractivity (Wildman–Crippen MR) is 58.1 cm³/mol. The van der Waals surface area contributed by atoms with Gasteiger partial charge in [0.1, 0.15) is 11.2 Å². The maximum absolute atomic E-state index is 11.7. The topological polar surface area (TPSA) is 64.9 Å². The predicted octanol–water partition coefficient (Wildman–Crippen LogP) is -2.34. The minimum absolute atomic E-state index is 0. The van der Waals surface area contributed by atoms with E-state index in [1.807, 2.05) is 34.9 Å². The minimum atomic E-state index is -0.0712. The van der Waals surface area contributed by atoms with Gasteiger partial charge in [-0.05, 0) is 18.2 Å². The average molecular weight is 236 g/mol. The average Bonchev–Trinajstić information content (AvgIpc) is 2.66. The number of H-pyrrole nitrogens is 1. The Labute approximate surface area is 97.1 Å². The minimum Gasteiger partial charge on any atom is -1.00 e. The number of halogens is 1. The van der Waals surface area contributed by atoms with Crippen LogP contribution in [0.15, 0.2) is 41.3 Å². The molecule has 0 atom stereocenters. The van der Waals surface area contributed by atoms with Crippen molar-refractivity contribution in [2.75, 3.05) is 0 Å². The first-order valence-electron chi connectivity index (χ1n) is 4.71. The molecule has 0 saturated carbocycles. The van der Waals surface area contributed by atoms with Crippen molar-refractivity contribution in [1.29, 1.82) is 0 Å². The first-order valence-corrected chi connectivity index (χ1v) is 4.71. The number of benzene rings is 1. The maximum Gasteiger partial charge on any atom is 0.272 e. The molecule has 0 bridgehead atoms. The molecule has 0 saturated heterocycles. The molecule has 0 fully saturated rings. The summed E-state index contributed by atoms with van der Waals surface area (Å²) in [6.45, 7) is 0. The summed E-state index contributed by atoms with van der Waals surface area (Å²) in [6.07, 6.45) is 1.88. The van der Waals surface area contributed by atoms with Crippen LogP contribution >= 0.6 is 0 Å². The first kappa shape index (κ1) is 10.7. The van der Waals surface area contributed by atoms with Crippen LogP contribution in [0.4, 0.5) is 5.69 Å². The highest BCUT2D eigenvalue weighted by atomic mass is 35.5. The Hall–Kier alpha value is -1.78. The number of aromatic amines is 1. The quantitative estimate of drug-likeness (QED) is 0.451. The monoisotopic (exact) mass is 235 g/mol. The van der Waals surface area contributed by atoms with Gasteiger partial charge in [-0.1, -0.05) is 0 Å². The Bertz CT molecular complexity index is 714. The fourth-order valence-corrected chi connectivity index (χ4v) is 1.86. The Morgan fingerprint density at radius 1 is 1.19 bits per heavy atom. The second-order valence-electron chi connectivity index (χ2n) is 3.57. The van der Waals surface area contributed by atoms with Gasteiger partial charge >= 0.3 is 0 Å². The van der Waals surface area contributed by atoms with Crippen LogP contribution in [-0.4, -0.2) is 9.38 Å². The highest BCUT2D eigenvalue weighted by Crippen LogP contribution is 2.14. The van der Waals surface area contributed by atoms with Crippen molar-refractivity contribution in [2.24, 2.45) is 0 Å². The number of hydrogen-bond acceptors (Lipinski definition) is 1. The summed E-state index contributed by atoms with van der Waals surface area (Å²) in [5.41, 5.74) is 7.13. The summed E-state index contributed by atoms with van der Waals surface area (Å²) in [5, 5.41) is 0. The van der Waals surface area contributed by atoms with Crippen molar-refractivity contribution >= 4 is 22.2 Å². The molecular weight excluding hydrogens is 226 g/mol. The van der Waals surface area contributed by atoms with Crippen LogP contribution in [0, 0.1) is 0 Å². The second-order valence-corrected chi connectivity index (χ2v) is 3.57. The normalized spacial score (nSPS) is 10.6. The summed E-state index contributed by atoms with van der Waals surface area (Å²) >= 11 is 0. The lowest BCUT2D eigenvalue weighted by Gasteiger charge is -2.01. The van der Waals surface area contributed by atoms with Crippen molar-refractivity contribution < 1.29 is 18.1 Å². The summed E-state index contributed by atoms with van der Waals surface area (Å²) in [5.74, 6) is 0. The lowest BCUT2D eigenvalue weighted by Crippen LogP contribution is -3.00. The van der Waals surface area contributed by atoms with Crippen LogP contribution in [0.2, 0.25) is 0 Å². The van der Waals surface area contributed by atoms with Gasteiger partial charge in [-0.2, -0.15) is 0 Å². The lowest BCUT2D eigenvalue weighted by molar-refractivity contribution is -0.254. The van der Waals surface area contributed by atoms with Gasteiger partial charge < -0.3 is 27.5 Å². The molecule has 3 aromatic rings. The zero-order chi connectivity index (χ0) is 10.4. The van der Waals surface area contributed by atoms with E-state index in [-0.39, 0.29) is 18.0 Å². The third kappa shape index (κ3) is 1.39. The third-order valence-electron chi connectivity index (χ3n) is 2.55. The first-order chi connectivity index (χ1) is 7.25. The summed E-state index contributed by atoms with van der Waals surface area (Å²) < 4.78 is 1.88. The molecule has 0 aliphatic carbocycles. The van der Waals surface area contributed by atoms with Gasteiger partial charge in [0.05, 0.1) is 11.0 Å². The Kier molecular flexibility index (Phi) is 2.46. The van der Waals surface area contributed by atoms with Crippen molar-refractivity contribution in [3.8, 4) is 0 Å². The van der Waals surface area contributed by atoms with Crippen LogP contribution in [0.3, 0.4) is 0 Å². The molecule has 0 radical (unpaired) electrons. The maximum atomic E-state index is 11.7. The molecule has 82 valence electrons. The SMILES string of the molecule is [Cl-].[NH3+]c1ccc2c(c1)[nH]c(=O)c1cccn12. The van der Waals surface area contributed by atoms with Crippen LogP contribution in [-0.2, 0) is 0 Å². The van der Waals surface area contributed by atoms with Gasteiger partial charge in [-0.15, -0.1) is 0 Å². The molecule has 0 aliphatic rings. The molecule has 4 nitrogen and oxygen atoms in total. The molecule has 0 spiro atoms. The van der Waals surface area contributed by atoms with Gasteiger partial charge in [0, 0.05) is 18.3 Å². The summed E-state index contributed by atoms with van der Waals surface area (Å²) in [7, 11) is 0. The number of rotatable bonds is 0.